The number of allylic oxidation sites excluding steroid dienone is 5. The van der Waals surface area contributed by atoms with Gasteiger partial charge in [-0.2, -0.15) is 0 Å². The summed E-state index contributed by atoms with van der Waals surface area (Å²) in [6.07, 6.45) is 13.6. The average Bonchev–Trinajstić information content (AvgIpc) is 2.87. The molecule has 2 nitrogen and oxygen atoms in total. The smallest absolute Gasteiger partial charge is 0.266 e. The number of hydrogen-bond acceptors (Lipinski definition) is 3. The monoisotopic (exact) mass is 413 g/mol. The fraction of sp³-hybridized carbons (Fsp3) is 0.391. The Balaban J connectivity index is 1.54. The van der Waals surface area contributed by atoms with Crippen LogP contribution in [0.25, 0.3) is 5.57 Å². The quantitative estimate of drug-likeness (QED) is 0.334. The van der Waals surface area contributed by atoms with Crippen LogP contribution in [0.2, 0.25) is 0 Å². The van der Waals surface area contributed by atoms with Crippen molar-refractivity contribution in [2.75, 3.05) is 0 Å². The highest BCUT2D eigenvalue weighted by molar-refractivity contribution is 8.26. The Kier molecular flexibility index (Phi) is 5.83. The van der Waals surface area contributed by atoms with E-state index >= 15 is 4.39 Å². The van der Waals surface area contributed by atoms with Crippen LogP contribution in [0.1, 0.15) is 50.5 Å². The lowest BCUT2D eigenvalue weighted by atomic mass is 9.87. The standard InChI is InChI=1S/C23H24FNOS2/c24-23(14-8-11-18(15-23)17-9-4-3-5-10-17)16-20-21(26)25(22(27)28-20)19-12-6-1-2-7-13-19/h3-5,8-11,14,16,19H,1-2,6-7,12-13,15H2/b20-16-. The Bertz CT molecular complexity index is 853. The van der Waals surface area contributed by atoms with Gasteiger partial charge in [0.15, 0.2) is 5.67 Å². The van der Waals surface area contributed by atoms with Crippen LogP contribution in [0, 0.1) is 0 Å². The predicted octanol–water partition coefficient (Wildman–Crippen LogP) is 6.21. The summed E-state index contributed by atoms with van der Waals surface area (Å²) in [7, 11) is 0. The molecule has 1 aliphatic heterocycles. The zero-order chi connectivity index (χ0) is 19.6. The summed E-state index contributed by atoms with van der Waals surface area (Å²) >= 11 is 6.75. The van der Waals surface area contributed by atoms with E-state index in [0.29, 0.717) is 9.23 Å². The van der Waals surface area contributed by atoms with Gasteiger partial charge in [-0.3, -0.25) is 9.69 Å². The van der Waals surface area contributed by atoms with Gasteiger partial charge in [-0.15, -0.1) is 0 Å². The number of carbonyl (C=O) groups excluding carboxylic acids is 1. The summed E-state index contributed by atoms with van der Waals surface area (Å²) in [4.78, 5) is 15.2. The first-order valence-electron chi connectivity index (χ1n) is 9.97. The van der Waals surface area contributed by atoms with Gasteiger partial charge in [-0.05, 0) is 36.1 Å². The van der Waals surface area contributed by atoms with Gasteiger partial charge in [0, 0.05) is 12.5 Å². The molecule has 1 unspecified atom stereocenters. The minimum atomic E-state index is -1.67. The second-order valence-electron chi connectivity index (χ2n) is 7.72. The zero-order valence-corrected chi connectivity index (χ0v) is 17.4. The molecule has 5 heteroatoms. The Morgan fingerprint density at radius 2 is 1.86 bits per heavy atom. The van der Waals surface area contributed by atoms with E-state index in [1.807, 2.05) is 36.4 Å². The second kappa shape index (κ2) is 8.34. The van der Waals surface area contributed by atoms with E-state index in [-0.39, 0.29) is 18.4 Å². The van der Waals surface area contributed by atoms with Crippen molar-refractivity contribution in [1.82, 2.24) is 4.90 Å². The lowest BCUT2D eigenvalue weighted by molar-refractivity contribution is -0.123. The van der Waals surface area contributed by atoms with Gasteiger partial charge in [0.2, 0.25) is 0 Å². The molecule has 4 rings (SSSR count). The molecule has 0 N–H and O–H groups in total. The van der Waals surface area contributed by atoms with Gasteiger partial charge in [0.25, 0.3) is 5.91 Å². The summed E-state index contributed by atoms with van der Waals surface area (Å²) in [6, 6.07) is 9.98. The molecule has 1 saturated carbocycles. The van der Waals surface area contributed by atoms with Gasteiger partial charge in [0.1, 0.15) is 4.32 Å². The van der Waals surface area contributed by atoms with E-state index < -0.39 is 5.67 Å². The molecule has 2 fully saturated rings. The highest BCUT2D eigenvalue weighted by atomic mass is 32.2. The van der Waals surface area contributed by atoms with Crippen LogP contribution in [0.15, 0.2) is 59.5 Å². The molecule has 0 bridgehead atoms. The Morgan fingerprint density at radius 1 is 1.14 bits per heavy atom. The number of carbonyl (C=O) groups is 1. The van der Waals surface area contributed by atoms with Gasteiger partial charge < -0.3 is 0 Å². The summed E-state index contributed by atoms with van der Waals surface area (Å²) < 4.78 is 16.2. The molecular formula is C23H24FNOS2. The molecule has 1 saturated heterocycles. The molecule has 2 aliphatic carbocycles. The fourth-order valence-electron chi connectivity index (χ4n) is 4.21. The van der Waals surface area contributed by atoms with E-state index in [1.165, 1.54) is 36.8 Å². The Hall–Kier alpha value is -1.72. The van der Waals surface area contributed by atoms with Crippen molar-refractivity contribution in [2.45, 2.75) is 56.7 Å². The first-order chi connectivity index (χ1) is 13.6. The van der Waals surface area contributed by atoms with Gasteiger partial charge in [-0.25, -0.2) is 4.39 Å². The first-order valence-corrected chi connectivity index (χ1v) is 11.2. The first kappa shape index (κ1) is 19.6. The highest BCUT2D eigenvalue weighted by Crippen LogP contribution is 2.41. The van der Waals surface area contributed by atoms with Gasteiger partial charge in [0.05, 0.1) is 4.91 Å². The molecule has 0 spiro atoms. The summed E-state index contributed by atoms with van der Waals surface area (Å²) in [5, 5.41) is 0. The van der Waals surface area contributed by atoms with E-state index in [4.69, 9.17) is 12.2 Å². The highest BCUT2D eigenvalue weighted by Gasteiger charge is 2.39. The normalized spacial score (nSPS) is 28.0. The largest absolute Gasteiger partial charge is 0.290 e. The molecule has 0 radical (unpaired) electrons. The van der Waals surface area contributed by atoms with Crippen molar-refractivity contribution >= 4 is 39.8 Å². The van der Waals surface area contributed by atoms with E-state index in [0.717, 1.165) is 36.8 Å². The number of thiocarbonyl (C=S) groups is 1. The topological polar surface area (TPSA) is 20.3 Å². The predicted molar refractivity (Wildman–Crippen MR) is 119 cm³/mol. The van der Waals surface area contributed by atoms with Crippen LogP contribution in [0.3, 0.4) is 0 Å². The van der Waals surface area contributed by atoms with Crippen molar-refractivity contribution < 1.29 is 9.18 Å². The molecule has 1 heterocycles. The second-order valence-corrected chi connectivity index (χ2v) is 9.39. The molecule has 28 heavy (non-hydrogen) atoms. The molecule has 1 atom stereocenters. The van der Waals surface area contributed by atoms with Gasteiger partial charge in [-0.1, -0.05) is 92.1 Å². The molecule has 3 aliphatic rings. The van der Waals surface area contributed by atoms with E-state index in [2.05, 4.69) is 0 Å². The SMILES string of the molecule is O=C1/C(=C/C2(F)C=CC=C(c3ccccc3)C2)SC(=S)N1C1CCCCCC1. The van der Waals surface area contributed by atoms with Crippen molar-refractivity contribution in [3.8, 4) is 0 Å². The summed E-state index contributed by atoms with van der Waals surface area (Å²) in [5.41, 5.74) is 0.266. The Labute approximate surface area is 175 Å². The third-order valence-corrected chi connectivity index (χ3v) is 6.99. The number of hydrogen-bond donors (Lipinski definition) is 0. The lowest BCUT2D eigenvalue weighted by Gasteiger charge is -2.26. The number of alkyl halides is 1. The van der Waals surface area contributed by atoms with Crippen molar-refractivity contribution in [2.24, 2.45) is 0 Å². The summed E-state index contributed by atoms with van der Waals surface area (Å²) in [5.74, 6) is -0.122. The average molecular weight is 414 g/mol. The zero-order valence-electron chi connectivity index (χ0n) is 15.8. The molecule has 1 aromatic rings. The molecule has 1 amide bonds. The van der Waals surface area contributed by atoms with E-state index in [9.17, 15) is 4.79 Å². The van der Waals surface area contributed by atoms with E-state index in [1.54, 1.807) is 11.0 Å². The minimum absolute atomic E-state index is 0.122. The fourth-order valence-corrected chi connectivity index (χ4v) is 5.67. The maximum atomic E-state index is 15.7. The van der Waals surface area contributed by atoms with Crippen LogP contribution < -0.4 is 0 Å². The van der Waals surface area contributed by atoms with Crippen LogP contribution in [0.4, 0.5) is 4.39 Å². The van der Waals surface area contributed by atoms with Crippen LogP contribution in [-0.2, 0) is 4.79 Å². The van der Waals surface area contributed by atoms with Crippen molar-refractivity contribution in [1.29, 1.82) is 0 Å². The third kappa shape index (κ3) is 4.15. The third-order valence-electron chi connectivity index (χ3n) is 5.66. The maximum absolute atomic E-state index is 15.7. The maximum Gasteiger partial charge on any atom is 0.266 e. The number of halogens is 1. The Morgan fingerprint density at radius 3 is 2.57 bits per heavy atom. The number of nitrogens with zero attached hydrogens (tertiary/aromatic N) is 1. The molecule has 1 aromatic carbocycles. The van der Waals surface area contributed by atoms with Crippen LogP contribution in [0.5, 0.6) is 0 Å². The number of benzene rings is 1. The number of amides is 1. The molecule has 0 aromatic heterocycles. The van der Waals surface area contributed by atoms with Crippen molar-refractivity contribution in [3.63, 3.8) is 0 Å². The van der Waals surface area contributed by atoms with Crippen LogP contribution in [-0.4, -0.2) is 26.8 Å². The number of thioether (sulfide) groups is 1. The lowest BCUT2D eigenvalue weighted by Crippen LogP contribution is -2.38. The van der Waals surface area contributed by atoms with Crippen LogP contribution >= 0.6 is 24.0 Å². The number of rotatable bonds is 3. The minimum Gasteiger partial charge on any atom is -0.290 e. The van der Waals surface area contributed by atoms with Gasteiger partial charge >= 0.3 is 0 Å². The van der Waals surface area contributed by atoms with Crippen molar-refractivity contribution in [3.05, 3.63) is 65.1 Å². The molecular weight excluding hydrogens is 389 g/mol. The molecule has 146 valence electrons. The summed E-state index contributed by atoms with van der Waals surface area (Å²) in [6.45, 7) is 0.